The Kier molecular flexibility index (Phi) is 4.44. The predicted octanol–water partition coefficient (Wildman–Crippen LogP) is 3.30. The largest absolute Gasteiger partial charge is 0.478 e. The number of hydrogen-bond acceptors (Lipinski definition) is 1. The molecule has 0 spiro atoms. The molecule has 1 N–H and O–H groups in total. The quantitative estimate of drug-likeness (QED) is 0.550. The third-order valence-electron chi connectivity index (χ3n) is 2.59. The molecular weight excluding hydrogens is 176 g/mol. The molecule has 0 unspecified atom stereocenters. The first kappa shape index (κ1) is 11.0. The minimum Gasteiger partial charge on any atom is -0.478 e. The van der Waals surface area contributed by atoms with Gasteiger partial charge in [-0.15, -0.1) is 0 Å². The highest BCUT2D eigenvalue weighted by atomic mass is 16.4. The Morgan fingerprint density at radius 1 is 1.43 bits per heavy atom. The van der Waals surface area contributed by atoms with Gasteiger partial charge in [0.05, 0.1) is 0 Å². The summed E-state index contributed by atoms with van der Waals surface area (Å²) in [6.07, 6.45) is 10.6. The van der Waals surface area contributed by atoms with Crippen LogP contribution < -0.4 is 0 Å². The average Bonchev–Trinajstić information content (AvgIpc) is 2.55. The van der Waals surface area contributed by atoms with Crippen LogP contribution in [-0.2, 0) is 4.79 Å². The van der Waals surface area contributed by atoms with E-state index in [1.807, 2.05) is 6.92 Å². The summed E-state index contributed by atoms with van der Waals surface area (Å²) in [5, 5.41) is 8.50. The fourth-order valence-electron chi connectivity index (χ4n) is 1.82. The van der Waals surface area contributed by atoms with E-state index in [9.17, 15) is 4.79 Å². The zero-order valence-corrected chi connectivity index (χ0v) is 8.75. The van der Waals surface area contributed by atoms with E-state index < -0.39 is 5.97 Å². The molecule has 0 amide bonds. The Hall–Kier alpha value is -1.05. The van der Waals surface area contributed by atoms with Gasteiger partial charge in [-0.25, -0.2) is 4.79 Å². The molecule has 1 rings (SSSR count). The van der Waals surface area contributed by atoms with E-state index in [1.165, 1.54) is 31.8 Å². The van der Waals surface area contributed by atoms with E-state index in [1.54, 1.807) is 5.57 Å². The summed E-state index contributed by atoms with van der Waals surface area (Å²) in [5.74, 6) is -0.837. The molecule has 1 saturated carbocycles. The molecule has 0 aliphatic heterocycles. The molecule has 0 aromatic carbocycles. The first-order chi connectivity index (χ1) is 6.68. The van der Waals surface area contributed by atoms with Crippen molar-refractivity contribution in [2.45, 2.75) is 45.4 Å². The van der Waals surface area contributed by atoms with Crippen LogP contribution in [-0.4, -0.2) is 11.1 Å². The van der Waals surface area contributed by atoms with Gasteiger partial charge >= 0.3 is 5.97 Å². The van der Waals surface area contributed by atoms with Crippen molar-refractivity contribution in [3.8, 4) is 0 Å². The van der Waals surface area contributed by atoms with Crippen LogP contribution in [0.4, 0.5) is 0 Å². The van der Waals surface area contributed by atoms with Crippen molar-refractivity contribution in [1.82, 2.24) is 0 Å². The zero-order valence-electron chi connectivity index (χ0n) is 8.75. The lowest BCUT2D eigenvalue weighted by molar-refractivity contribution is -0.131. The molecule has 0 radical (unpaired) electrons. The van der Waals surface area contributed by atoms with Crippen LogP contribution in [0.25, 0.3) is 0 Å². The smallest absolute Gasteiger partial charge is 0.328 e. The van der Waals surface area contributed by atoms with Crippen molar-refractivity contribution in [2.24, 2.45) is 0 Å². The van der Waals surface area contributed by atoms with E-state index in [2.05, 4.69) is 6.08 Å². The monoisotopic (exact) mass is 194 g/mol. The zero-order chi connectivity index (χ0) is 10.4. The number of carboxylic acid groups (broad SMARTS) is 1. The van der Waals surface area contributed by atoms with Gasteiger partial charge in [0.2, 0.25) is 0 Å². The lowest BCUT2D eigenvalue weighted by Gasteiger charge is -1.98. The van der Waals surface area contributed by atoms with E-state index in [0.717, 1.165) is 18.4 Å². The number of carbonyl (C=O) groups is 1. The minimum absolute atomic E-state index is 0.837. The molecule has 1 aliphatic rings. The van der Waals surface area contributed by atoms with Crippen LogP contribution in [0.1, 0.15) is 45.4 Å². The molecule has 0 aromatic rings. The molecule has 1 aliphatic carbocycles. The molecule has 0 aromatic heterocycles. The highest BCUT2D eigenvalue weighted by Crippen LogP contribution is 2.24. The first-order valence-electron chi connectivity index (χ1n) is 5.26. The Morgan fingerprint density at radius 3 is 2.64 bits per heavy atom. The van der Waals surface area contributed by atoms with Gasteiger partial charge in [-0.3, -0.25) is 0 Å². The van der Waals surface area contributed by atoms with Crippen LogP contribution in [0.3, 0.4) is 0 Å². The Bertz CT molecular complexity index is 253. The van der Waals surface area contributed by atoms with Gasteiger partial charge in [-0.1, -0.05) is 17.2 Å². The normalized spacial score (nSPS) is 17.2. The van der Waals surface area contributed by atoms with E-state index in [-0.39, 0.29) is 0 Å². The Labute approximate surface area is 85.3 Å². The molecule has 0 saturated heterocycles. The minimum atomic E-state index is -0.837. The molecular formula is C12H18O2. The molecule has 2 nitrogen and oxygen atoms in total. The molecule has 78 valence electrons. The lowest BCUT2D eigenvalue weighted by atomic mass is 10.1. The lowest BCUT2D eigenvalue weighted by Crippen LogP contribution is -1.89. The molecule has 0 atom stereocenters. The second-order valence-electron chi connectivity index (χ2n) is 3.94. The van der Waals surface area contributed by atoms with Gasteiger partial charge in [0, 0.05) is 6.08 Å². The predicted molar refractivity (Wildman–Crippen MR) is 57.2 cm³/mol. The summed E-state index contributed by atoms with van der Waals surface area (Å²) in [6.45, 7) is 1.88. The van der Waals surface area contributed by atoms with E-state index in [0.29, 0.717) is 0 Å². The van der Waals surface area contributed by atoms with E-state index in [4.69, 9.17) is 5.11 Å². The summed E-state index contributed by atoms with van der Waals surface area (Å²) in [5.41, 5.74) is 2.51. The molecule has 0 bridgehead atoms. The standard InChI is InChI=1S/C12H18O2/c1-10(9-12(13)14)5-4-8-11-6-2-3-7-11/h8-9H,2-7H2,1H3,(H,13,14)/b10-9+. The number of rotatable bonds is 4. The maximum absolute atomic E-state index is 10.3. The van der Waals surface area contributed by atoms with Crippen LogP contribution >= 0.6 is 0 Å². The molecule has 0 heterocycles. The maximum atomic E-state index is 10.3. The van der Waals surface area contributed by atoms with Gasteiger partial charge < -0.3 is 5.11 Å². The van der Waals surface area contributed by atoms with Crippen molar-refractivity contribution in [3.05, 3.63) is 23.3 Å². The second-order valence-corrected chi connectivity index (χ2v) is 3.94. The summed E-state index contributed by atoms with van der Waals surface area (Å²) in [7, 11) is 0. The number of hydrogen-bond donors (Lipinski definition) is 1. The molecule has 1 fully saturated rings. The Morgan fingerprint density at radius 2 is 2.07 bits per heavy atom. The fraction of sp³-hybridized carbons (Fsp3) is 0.583. The topological polar surface area (TPSA) is 37.3 Å². The van der Waals surface area contributed by atoms with Crippen molar-refractivity contribution < 1.29 is 9.90 Å². The van der Waals surface area contributed by atoms with Crippen molar-refractivity contribution in [2.75, 3.05) is 0 Å². The summed E-state index contributed by atoms with van der Waals surface area (Å²) < 4.78 is 0. The number of carboxylic acids is 1. The summed E-state index contributed by atoms with van der Waals surface area (Å²) in [4.78, 5) is 10.3. The van der Waals surface area contributed by atoms with Crippen LogP contribution in [0, 0.1) is 0 Å². The fourth-order valence-corrected chi connectivity index (χ4v) is 1.82. The Balaban J connectivity index is 2.26. The molecule has 14 heavy (non-hydrogen) atoms. The van der Waals surface area contributed by atoms with Gasteiger partial charge in [-0.05, 0) is 45.4 Å². The summed E-state index contributed by atoms with van der Waals surface area (Å²) >= 11 is 0. The van der Waals surface area contributed by atoms with Gasteiger partial charge in [0.25, 0.3) is 0 Å². The van der Waals surface area contributed by atoms with Crippen LogP contribution in [0.15, 0.2) is 23.3 Å². The van der Waals surface area contributed by atoms with Gasteiger partial charge in [-0.2, -0.15) is 0 Å². The third kappa shape index (κ3) is 4.26. The first-order valence-corrected chi connectivity index (χ1v) is 5.26. The van der Waals surface area contributed by atoms with Gasteiger partial charge in [0.1, 0.15) is 0 Å². The van der Waals surface area contributed by atoms with Crippen LogP contribution in [0.2, 0.25) is 0 Å². The van der Waals surface area contributed by atoms with E-state index >= 15 is 0 Å². The maximum Gasteiger partial charge on any atom is 0.328 e. The summed E-state index contributed by atoms with van der Waals surface area (Å²) in [6, 6.07) is 0. The van der Waals surface area contributed by atoms with Crippen molar-refractivity contribution >= 4 is 5.97 Å². The van der Waals surface area contributed by atoms with Crippen molar-refractivity contribution in [3.63, 3.8) is 0 Å². The number of allylic oxidation sites excluding steroid dienone is 3. The average molecular weight is 194 g/mol. The third-order valence-corrected chi connectivity index (χ3v) is 2.59. The van der Waals surface area contributed by atoms with Crippen molar-refractivity contribution in [1.29, 1.82) is 0 Å². The second kappa shape index (κ2) is 5.63. The SMILES string of the molecule is C/C(=C\C(=O)O)CCC=C1CCCC1. The van der Waals surface area contributed by atoms with Crippen LogP contribution in [0.5, 0.6) is 0 Å². The molecule has 2 heteroatoms. The number of aliphatic carboxylic acids is 1. The highest BCUT2D eigenvalue weighted by Gasteiger charge is 2.05. The highest BCUT2D eigenvalue weighted by molar-refractivity contribution is 5.80. The van der Waals surface area contributed by atoms with Gasteiger partial charge in [0.15, 0.2) is 0 Å².